The van der Waals surface area contributed by atoms with E-state index < -0.39 is 41.9 Å². The first-order valence-corrected chi connectivity index (χ1v) is 14.1. The molecule has 4 rings (SSSR count). The van der Waals surface area contributed by atoms with Gasteiger partial charge in [-0.3, -0.25) is 4.79 Å². The van der Waals surface area contributed by atoms with Crippen molar-refractivity contribution in [3.05, 3.63) is 101 Å². The van der Waals surface area contributed by atoms with Crippen molar-refractivity contribution in [3.63, 3.8) is 0 Å². The van der Waals surface area contributed by atoms with Crippen molar-refractivity contribution in [2.75, 3.05) is 5.73 Å². The summed E-state index contributed by atoms with van der Waals surface area (Å²) in [5, 5.41) is 28.1. The van der Waals surface area contributed by atoms with Crippen LogP contribution in [-0.4, -0.2) is 46.1 Å². The number of nitrogens with two attached hydrogens (primary N) is 1. The van der Waals surface area contributed by atoms with Gasteiger partial charge in [-0.25, -0.2) is 4.79 Å². The van der Waals surface area contributed by atoms with Gasteiger partial charge in [-0.15, -0.1) is 0 Å². The molecule has 0 aliphatic heterocycles. The number of anilines is 1. The SMILES string of the molecule is CC(C)(C)OC(=O)N[C@@H](Cc1ccccc1)[C@@H](O)C[C@H](Cc1ccc(N)cc1)C(=O)N[C@H]1c2ccccc2C[C@H]1O. The fourth-order valence-corrected chi connectivity index (χ4v) is 5.31. The van der Waals surface area contributed by atoms with Crippen LogP contribution in [-0.2, 0) is 28.8 Å². The second-order valence-electron chi connectivity index (χ2n) is 11.8. The number of fused-ring (bicyclic) bond motifs is 1. The zero-order valence-corrected chi connectivity index (χ0v) is 23.9. The molecule has 0 heterocycles. The Morgan fingerprint density at radius 1 is 0.951 bits per heavy atom. The largest absolute Gasteiger partial charge is 0.444 e. The predicted octanol–water partition coefficient (Wildman–Crippen LogP) is 4.09. The highest BCUT2D eigenvalue weighted by atomic mass is 16.6. The van der Waals surface area contributed by atoms with E-state index in [1.54, 1.807) is 32.9 Å². The molecule has 218 valence electrons. The molecule has 0 unspecified atom stereocenters. The van der Waals surface area contributed by atoms with Gasteiger partial charge in [-0.2, -0.15) is 0 Å². The summed E-state index contributed by atoms with van der Waals surface area (Å²) < 4.78 is 5.47. The van der Waals surface area contributed by atoms with Crippen molar-refractivity contribution < 1.29 is 24.5 Å². The van der Waals surface area contributed by atoms with Gasteiger partial charge in [0.25, 0.3) is 0 Å². The molecule has 1 aliphatic carbocycles. The Hall–Kier alpha value is -3.88. The summed E-state index contributed by atoms with van der Waals surface area (Å²) in [5.74, 6) is -0.926. The maximum Gasteiger partial charge on any atom is 0.407 e. The van der Waals surface area contributed by atoms with Crippen molar-refractivity contribution >= 4 is 17.7 Å². The molecule has 3 aromatic carbocycles. The first-order chi connectivity index (χ1) is 19.5. The molecule has 0 spiro atoms. The zero-order chi connectivity index (χ0) is 29.6. The molecule has 0 saturated carbocycles. The normalized spacial score (nSPS) is 18.6. The molecule has 0 fully saturated rings. The molecule has 5 atom stereocenters. The Bertz CT molecular complexity index is 1310. The van der Waals surface area contributed by atoms with Crippen molar-refractivity contribution in [2.24, 2.45) is 5.92 Å². The quantitative estimate of drug-likeness (QED) is 0.238. The number of carbonyl (C=O) groups excluding carboxylic acids is 2. The maximum atomic E-state index is 13.8. The second-order valence-corrected chi connectivity index (χ2v) is 11.8. The Morgan fingerprint density at radius 3 is 2.27 bits per heavy atom. The molecule has 3 aromatic rings. The third-order valence-corrected chi connectivity index (χ3v) is 7.33. The van der Waals surface area contributed by atoms with Gasteiger partial charge in [0.15, 0.2) is 0 Å². The van der Waals surface area contributed by atoms with E-state index in [9.17, 15) is 19.8 Å². The molecule has 41 heavy (non-hydrogen) atoms. The summed E-state index contributed by atoms with van der Waals surface area (Å²) >= 11 is 0. The van der Waals surface area contributed by atoms with E-state index in [1.807, 2.05) is 66.7 Å². The van der Waals surface area contributed by atoms with E-state index in [0.29, 0.717) is 24.9 Å². The lowest BCUT2D eigenvalue weighted by molar-refractivity contribution is -0.127. The zero-order valence-electron chi connectivity index (χ0n) is 23.9. The van der Waals surface area contributed by atoms with Crippen LogP contribution >= 0.6 is 0 Å². The minimum atomic E-state index is -1.06. The van der Waals surface area contributed by atoms with Gasteiger partial charge in [-0.05, 0) is 74.4 Å². The summed E-state index contributed by atoms with van der Waals surface area (Å²) in [6, 6.07) is 23.3. The number of benzene rings is 3. The van der Waals surface area contributed by atoms with Crippen LogP contribution in [0.25, 0.3) is 0 Å². The van der Waals surface area contributed by atoms with Crippen molar-refractivity contribution in [1.29, 1.82) is 0 Å². The number of aliphatic hydroxyl groups excluding tert-OH is 2. The van der Waals surface area contributed by atoms with Crippen LogP contribution in [0.15, 0.2) is 78.9 Å². The van der Waals surface area contributed by atoms with Gasteiger partial charge in [0, 0.05) is 18.0 Å². The van der Waals surface area contributed by atoms with E-state index in [4.69, 9.17) is 10.5 Å². The Kier molecular flexibility index (Phi) is 9.68. The second kappa shape index (κ2) is 13.2. The summed E-state index contributed by atoms with van der Waals surface area (Å²) in [6.07, 6.45) is -1.20. The first kappa shape index (κ1) is 30.1. The molecule has 0 bridgehead atoms. The van der Waals surface area contributed by atoms with Crippen LogP contribution in [0, 0.1) is 5.92 Å². The van der Waals surface area contributed by atoms with E-state index in [1.165, 1.54) is 0 Å². The topological polar surface area (TPSA) is 134 Å². The van der Waals surface area contributed by atoms with E-state index in [0.717, 1.165) is 22.3 Å². The Balaban J connectivity index is 1.56. The number of ether oxygens (including phenoxy) is 1. The first-order valence-electron chi connectivity index (χ1n) is 14.1. The number of nitrogen functional groups attached to an aromatic ring is 1. The lowest BCUT2D eigenvalue weighted by Crippen LogP contribution is -2.48. The van der Waals surface area contributed by atoms with Crippen molar-refractivity contribution in [3.8, 4) is 0 Å². The molecule has 2 amide bonds. The minimum Gasteiger partial charge on any atom is -0.444 e. The molecule has 6 N–H and O–H groups in total. The van der Waals surface area contributed by atoms with Gasteiger partial charge in [0.05, 0.1) is 24.3 Å². The number of aliphatic hydroxyl groups is 2. The van der Waals surface area contributed by atoms with Gasteiger partial charge in [-0.1, -0.05) is 66.7 Å². The summed E-state index contributed by atoms with van der Waals surface area (Å²) in [4.78, 5) is 26.5. The highest BCUT2D eigenvalue weighted by Crippen LogP contribution is 2.32. The average Bonchev–Trinajstić information content (AvgIpc) is 3.23. The van der Waals surface area contributed by atoms with E-state index in [2.05, 4.69) is 10.6 Å². The lowest BCUT2D eigenvalue weighted by Gasteiger charge is -2.29. The number of hydrogen-bond acceptors (Lipinski definition) is 6. The van der Waals surface area contributed by atoms with Crippen LogP contribution in [0.1, 0.15) is 55.5 Å². The fourth-order valence-electron chi connectivity index (χ4n) is 5.31. The van der Waals surface area contributed by atoms with Gasteiger partial charge in [0.2, 0.25) is 5.91 Å². The van der Waals surface area contributed by atoms with Crippen molar-refractivity contribution in [1.82, 2.24) is 10.6 Å². The highest BCUT2D eigenvalue weighted by Gasteiger charge is 2.35. The molecule has 0 aromatic heterocycles. The molecular weight excluding hydrogens is 518 g/mol. The van der Waals surface area contributed by atoms with Gasteiger partial charge < -0.3 is 31.3 Å². The highest BCUT2D eigenvalue weighted by molar-refractivity contribution is 5.80. The summed E-state index contributed by atoms with van der Waals surface area (Å²) in [7, 11) is 0. The lowest BCUT2D eigenvalue weighted by atomic mass is 9.88. The Morgan fingerprint density at radius 2 is 1.59 bits per heavy atom. The molecule has 0 saturated heterocycles. The fraction of sp³-hybridized carbons (Fsp3) is 0.394. The number of carbonyl (C=O) groups is 2. The standard InChI is InChI=1S/C33H41N3O5/c1-33(2,3)41-32(40)35-27(18-21-9-5-4-6-10-21)28(37)20-24(17-22-13-15-25(34)16-14-22)31(39)36-30-26-12-8-7-11-23(26)19-29(30)38/h4-16,24,27-30,37-38H,17-20,34H2,1-3H3,(H,35,40)(H,36,39)/t24-,27-,28-,29+,30-/m0/s1. The van der Waals surface area contributed by atoms with E-state index in [-0.39, 0.29) is 12.3 Å². The van der Waals surface area contributed by atoms with Crippen molar-refractivity contribution in [2.45, 2.75) is 76.3 Å². The summed E-state index contributed by atoms with van der Waals surface area (Å²) in [5.41, 5.74) is 9.50. The number of rotatable bonds is 10. The van der Waals surface area contributed by atoms with Crippen LogP contribution < -0.4 is 16.4 Å². The number of amides is 2. The summed E-state index contributed by atoms with van der Waals surface area (Å²) in [6.45, 7) is 5.33. The molecule has 0 radical (unpaired) electrons. The number of nitrogens with one attached hydrogen (secondary N) is 2. The molecule has 8 heteroatoms. The minimum absolute atomic E-state index is 0.0774. The number of hydrogen-bond donors (Lipinski definition) is 5. The van der Waals surface area contributed by atoms with Gasteiger partial charge in [0.1, 0.15) is 5.60 Å². The number of alkyl carbamates (subject to hydrolysis) is 1. The molecule has 8 nitrogen and oxygen atoms in total. The smallest absolute Gasteiger partial charge is 0.407 e. The van der Waals surface area contributed by atoms with Crippen LogP contribution in [0.5, 0.6) is 0 Å². The maximum absolute atomic E-state index is 13.8. The van der Waals surface area contributed by atoms with Crippen LogP contribution in [0.3, 0.4) is 0 Å². The molecular formula is C33H41N3O5. The third-order valence-electron chi connectivity index (χ3n) is 7.33. The van der Waals surface area contributed by atoms with E-state index >= 15 is 0 Å². The molecule has 1 aliphatic rings. The van der Waals surface area contributed by atoms with Crippen LogP contribution in [0.4, 0.5) is 10.5 Å². The third kappa shape index (κ3) is 8.55. The monoisotopic (exact) mass is 559 g/mol. The van der Waals surface area contributed by atoms with Gasteiger partial charge >= 0.3 is 6.09 Å². The van der Waals surface area contributed by atoms with Crippen LogP contribution in [0.2, 0.25) is 0 Å². The average molecular weight is 560 g/mol. The predicted molar refractivity (Wildman–Crippen MR) is 159 cm³/mol. The Labute approximate surface area is 241 Å².